The Morgan fingerprint density at radius 1 is 0.968 bits per heavy atom. The smallest absolute Gasteiger partial charge is 0.277 e. The third kappa shape index (κ3) is 7.63. The second-order valence-corrected chi connectivity index (χ2v) is 9.34. The zero-order valence-corrected chi connectivity index (χ0v) is 19.6. The van der Waals surface area contributed by atoms with Gasteiger partial charge >= 0.3 is 0 Å². The molecule has 0 aromatic heterocycles. The number of hydrogen-bond donors (Lipinski definition) is 1. The van der Waals surface area contributed by atoms with Crippen molar-refractivity contribution in [2.75, 3.05) is 20.8 Å². The summed E-state index contributed by atoms with van der Waals surface area (Å²) in [5, 5.41) is 3.97. The molecule has 0 bridgehead atoms. The van der Waals surface area contributed by atoms with Crippen LogP contribution in [0.4, 0.5) is 0 Å². The van der Waals surface area contributed by atoms with Gasteiger partial charge in [0.1, 0.15) is 17.2 Å². The van der Waals surface area contributed by atoms with Crippen molar-refractivity contribution in [2.24, 2.45) is 10.5 Å². The SMILES string of the molecule is COc1ccc(C=NNC(=O)COc2ccc(C(C)(C)CC(C)(C)C)cc2)c(OC)c1. The number of rotatable bonds is 9. The van der Waals surface area contributed by atoms with E-state index < -0.39 is 0 Å². The molecule has 0 spiro atoms. The molecule has 0 heterocycles. The van der Waals surface area contributed by atoms with Crippen LogP contribution in [0.5, 0.6) is 17.2 Å². The second-order valence-electron chi connectivity index (χ2n) is 9.34. The third-order valence-corrected chi connectivity index (χ3v) is 4.81. The van der Waals surface area contributed by atoms with Gasteiger partial charge in [-0.1, -0.05) is 46.8 Å². The van der Waals surface area contributed by atoms with E-state index in [0.29, 0.717) is 17.2 Å². The zero-order valence-electron chi connectivity index (χ0n) is 19.6. The average Bonchev–Trinajstić information content (AvgIpc) is 2.71. The predicted octanol–water partition coefficient (Wildman–Crippen LogP) is 4.95. The topological polar surface area (TPSA) is 69.2 Å². The van der Waals surface area contributed by atoms with Crippen molar-refractivity contribution in [1.29, 1.82) is 0 Å². The van der Waals surface area contributed by atoms with Gasteiger partial charge in [-0.3, -0.25) is 4.79 Å². The maximum absolute atomic E-state index is 12.0. The van der Waals surface area contributed by atoms with E-state index in [2.05, 4.69) is 57.3 Å². The van der Waals surface area contributed by atoms with Gasteiger partial charge in [0.15, 0.2) is 6.61 Å². The van der Waals surface area contributed by atoms with Crippen molar-refractivity contribution in [3.63, 3.8) is 0 Å². The van der Waals surface area contributed by atoms with Crippen molar-refractivity contribution in [1.82, 2.24) is 5.43 Å². The minimum atomic E-state index is -0.346. The van der Waals surface area contributed by atoms with E-state index in [0.717, 1.165) is 12.0 Å². The number of hydrazone groups is 1. The summed E-state index contributed by atoms with van der Waals surface area (Å²) >= 11 is 0. The molecule has 1 N–H and O–H groups in total. The molecule has 0 saturated heterocycles. The van der Waals surface area contributed by atoms with Gasteiger partial charge in [-0.05, 0) is 47.1 Å². The lowest BCUT2D eigenvalue weighted by molar-refractivity contribution is -0.123. The summed E-state index contributed by atoms with van der Waals surface area (Å²) in [4.78, 5) is 12.0. The molecule has 2 aromatic carbocycles. The molecule has 0 saturated carbocycles. The van der Waals surface area contributed by atoms with Crippen LogP contribution in [0.15, 0.2) is 47.6 Å². The van der Waals surface area contributed by atoms with E-state index in [1.54, 1.807) is 32.4 Å². The molecule has 0 fully saturated rings. The van der Waals surface area contributed by atoms with Crippen LogP contribution in [0.1, 0.15) is 52.2 Å². The summed E-state index contributed by atoms with van der Waals surface area (Å²) in [6.07, 6.45) is 2.59. The van der Waals surface area contributed by atoms with Gasteiger partial charge in [-0.15, -0.1) is 0 Å². The van der Waals surface area contributed by atoms with Crippen LogP contribution in [0.25, 0.3) is 0 Å². The van der Waals surface area contributed by atoms with Crippen LogP contribution in [-0.4, -0.2) is 32.9 Å². The fourth-order valence-corrected chi connectivity index (χ4v) is 3.71. The minimum absolute atomic E-state index is 0.0609. The maximum atomic E-state index is 12.0. The second kappa shape index (κ2) is 10.3. The zero-order chi connectivity index (χ0) is 23.1. The van der Waals surface area contributed by atoms with Crippen LogP contribution in [0, 0.1) is 5.41 Å². The lowest BCUT2D eigenvalue weighted by atomic mass is 9.72. The number of nitrogens with one attached hydrogen (secondary N) is 1. The van der Waals surface area contributed by atoms with Gasteiger partial charge in [0.2, 0.25) is 0 Å². The molecule has 0 aliphatic heterocycles. The Labute approximate surface area is 185 Å². The van der Waals surface area contributed by atoms with E-state index in [9.17, 15) is 4.79 Å². The molecular formula is C25H34N2O4. The van der Waals surface area contributed by atoms with E-state index in [4.69, 9.17) is 14.2 Å². The highest BCUT2D eigenvalue weighted by Crippen LogP contribution is 2.36. The standard InChI is InChI=1S/C25H34N2O4/c1-24(2,3)17-25(4,5)19-9-12-20(13-10-19)31-16-23(28)27-26-15-18-8-11-21(29-6)14-22(18)30-7/h8-15H,16-17H2,1-7H3,(H,27,28). The Morgan fingerprint density at radius 3 is 2.19 bits per heavy atom. The first-order chi connectivity index (χ1) is 14.5. The van der Waals surface area contributed by atoms with Crippen LogP contribution < -0.4 is 19.6 Å². The van der Waals surface area contributed by atoms with E-state index in [1.165, 1.54) is 11.8 Å². The number of hydrogen-bond acceptors (Lipinski definition) is 5. The molecule has 0 aliphatic rings. The van der Waals surface area contributed by atoms with Gasteiger partial charge < -0.3 is 14.2 Å². The van der Waals surface area contributed by atoms with Crippen molar-refractivity contribution in [3.05, 3.63) is 53.6 Å². The van der Waals surface area contributed by atoms with Crippen molar-refractivity contribution in [3.8, 4) is 17.2 Å². The summed E-state index contributed by atoms with van der Waals surface area (Å²) in [6.45, 7) is 11.1. The molecule has 168 valence electrons. The Balaban J connectivity index is 1.88. The first-order valence-corrected chi connectivity index (χ1v) is 10.3. The summed E-state index contributed by atoms with van der Waals surface area (Å²) in [5.41, 5.74) is 4.73. The van der Waals surface area contributed by atoms with Gasteiger partial charge in [0.25, 0.3) is 5.91 Å². The third-order valence-electron chi connectivity index (χ3n) is 4.81. The molecule has 6 nitrogen and oxygen atoms in total. The fraction of sp³-hybridized carbons (Fsp3) is 0.440. The Kier molecular flexibility index (Phi) is 8.08. The lowest BCUT2D eigenvalue weighted by Crippen LogP contribution is -2.25. The number of benzene rings is 2. The highest BCUT2D eigenvalue weighted by Gasteiger charge is 2.27. The van der Waals surface area contributed by atoms with Gasteiger partial charge in [0, 0.05) is 11.6 Å². The number of carbonyl (C=O) groups is 1. The van der Waals surface area contributed by atoms with Gasteiger partial charge in [-0.2, -0.15) is 5.10 Å². The normalized spacial score (nSPS) is 12.0. The van der Waals surface area contributed by atoms with Crippen LogP contribution >= 0.6 is 0 Å². The molecule has 1 amide bonds. The molecule has 2 rings (SSSR count). The quantitative estimate of drug-likeness (QED) is 0.455. The van der Waals surface area contributed by atoms with Crippen molar-refractivity contribution >= 4 is 12.1 Å². The van der Waals surface area contributed by atoms with Crippen molar-refractivity contribution in [2.45, 2.75) is 46.5 Å². The summed E-state index contributed by atoms with van der Waals surface area (Å²) in [7, 11) is 3.15. The fourth-order valence-electron chi connectivity index (χ4n) is 3.71. The number of carbonyl (C=O) groups excluding carboxylic acids is 1. The average molecular weight is 427 g/mol. The molecule has 0 radical (unpaired) electrons. The van der Waals surface area contributed by atoms with E-state index in [-0.39, 0.29) is 23.3 Å². The van der Waals surface area contributed by atoms with Crippen molar-refractivity contribution < 1.29 is 19.0 Å². The Bertz CT molecular complexity index is 897. The molecule has 2 aromatic rings. The minimum Gasteiger partial charge on any atom is -0.497 e. The number of methoxy groups -OCH3 is 2. The number of nitrogens with zero attached hydrogens (tertiary/aromatic N) is 1. The van der Waals surface area contributed by atoms with Gasteiger partial charge in [-0.25, -0.2) is 5.43 Å². The largest absolute Gasteiger partial charge is 0.497 e. The summed E-state index contributed by atoms with van der Waals surface area (Å²) in [5.74, 6) is 1.58. The van der Waals surface area contributed by atoms with Crippen LogP contribution in [0.3, 0.4) is 0 Å². The maximum Gasteiger partial charge on any atom is 0.277 e. The molecule has 0 atom stereocenters. The molecule has 0 unspecified atom stereocenters. The molecule has 31 heavy (non-hydrogen) atoms. The first-order valence-electron chi connectivity index (χ1n) is 10.3. The lowest BCUT2D eigenvalue weighted by Gasteiger charge is -2.33. The van der Waals surface area contributed by atoms with E-state index in [1.807, 2.05) is 12.1 Å². The number of amides is 1. The Morgan fingerprint density at radius 2 is 1.61 bits per heavy atom. The first kappa shape index (κ1) is 24.3. The van der Waals surface area contributed by atoms with Crippen LogP contribution in [-0.2, 0) is 10.2 Å². The highest BCUT2D eigenvalue weighted by atomic mass is 16.5. The highest BCUT2D eigenvalue weighted by molar-refractivity contribution is 5.85. The monoisotopic (exact) mass is 426 g/mol. The molecule has 0 aliphatic carbocycles. The Hall–Kier alpha value is -3.02. The molecule has 6 heteroatoms. The molecular weight excluding hydrogens is 392 g/mol. The van der Waals surface area contributed by atoms with Crippen LogP contribution in [0.2, 0.25) is 0 Å². The van der Waals surface area contributed by atoms with E-state index >= 15 is 0 Å². The predicted molar refractivity (Wildman–Crippen MR) is 124 cm³/mol. The summed E-state index contributed by atoms with van der Waals surface area (Å²) < 4.78 is 16.1. The summed E-state index contributed by atoms with van der Waals surface area (Å²) in [6, 6.07) is 13.3. The number of ether oxygens (including phenoxy) is 3. The van der Waals surface area contributed by atoms with Gasteiger partial charge in [0.05, 0.1) is 20.4 Å².